The summed E-state index contributed by atoms with van der Waals surface area (Å²) in [6, 6.07) is 0. The molecule has 0 aliphatic heterocycles. The molecule has 16 heavy (non-hydrogen) atoms. The first-order valence-electron chi connectivity index (χ1n) is 4.83. The summed E-state index contributed by atoms with van der Waals surface area (Å²) in [5.74, 6) is 0. The maximum absolute atomic E-state index is 11.2. The molecule has 0 unspecified atom stereocenters. The molecular formula is C9H19NO5S. The highest BCUT2D eigenvalue weighted by Crippen LogP contribution is 2.01. The van der Waals surface area contributed by atoms with Crippen molar-refractivity contribution in [1.29, 1.82) is 0 Å². The van der Waals surface area contributed by atoms with E-state index < -0.39 is 27.9 Å². The molecular weight excluding hydrogens is 234 g/mol. The second-order valence-corrected chi connectivity index (χ2v) is 6.19. The molecule has 6 nitrogen and oxygen atoms in total. The van der Waals surface area contributed by atoms with Gasteiger partial charge in [-0.1, -0.05) is 0 Å². The van der Waals surface area contributed by atoms with Crippen LogP contribution in [-0.4, -0.2) is 39.0 Å². The molecule has 0 aliphatic rings. The minimum absolute atomic E-state index is 0.116. The van der Waals surface area contributed by atoms with Gasteiger partial charge in [-0.3, -0.25) is 4.18 Å². The van der Waals surface area contributed by atoms with E-state index in [0.29, 0.717) is 0 Å². The van der Waals surface area contributed by atoms with Gasteiger partial charge >= 0.3 is 6.09 Å². The Labute approximate surface area is 96.4 Å². The highest BCUT2D eigenvalue weighted by molar-refractivity contribution is 7.86. The minimum atomic E-state index is -3.52. The number of hydrogen-bond donors (Lipinski definition) is 1. The van der Waals surface area contributed by atoms with Crippen LogP contribution in [0.3, 0.4) is 0 Å². The average Bonchev–Trinajstić information content (AvgIpc) is 1.94. The summed E-state index contributed by atoms with van der Waals surface area (Å²) in [6.45, 7) is 6.82. The predicted octanol–water partition coefficient (Wildman–Crippen LogP) is 0.876. The van der Waals surface area contributed by atoms with Crippen LogP contribution in [0.2, 0.25) is 0 Å². The van der Waals surface area contributed by atoms with E-state index in [4.69, 9.17) is 4.74 Å². The van der Waals surface area contributed by atoms with Crippen LogP contribution in [-0.2, 0) is 19.0 Å². The lowest BCUT2D eigenvalue weighted by atomic mass is 10.1. The van der Waals surface area contributed by atoms with Crippen molar-refractivity contribution in [3.63, 3.8) is 0 Å². The van der Waals surface area contributed by atoms with Gasteiger partial charge in [-0.2, -0.15) is 8.42 Å². The fraction of sp³-hybridized carbons (Fsp3) is 0.889. The van der Waals surface area contributed by atoms with Gasteiger partial charge in [0.1, 0.15) is 12.7 Å². The van der Waals surface area contributed by atoms with E-state index in [2.05, 4.69) is 9.50 Å². The highest BCUT2D eigenvalue weighted by Gasteiger charge is 2.17. The molecule has 0 aliphatic carbocycles. The summed E-state index contributed by atoms with van der Waals surface area (Å²) in [5.41, 5.74) is -0.391. The largest absolute Gasteiger partial charge is 0.447 e. The van der Waals surface area contributed by atoms with E-state index in [1.807, 2.05) is 20.8 Å². The van der Waals surface area contributed by atoms with Crippen LogP contribution in [0.25, 0.3) is 0 Å². The first-order valence-corrected chi connectivity index (χ1v) is 6.64. The van der Waals surface area contributed by atoms with Gasteiger partial charge < -0.3 is 10.1 Å². The number of hydrogen-bond acceptors (Lipinski definition) is 5. The molecule has 0 saturated carbocycles. The summed E-state index contributed by atoms with van der Waals surface area (Å²) < 4.78 is 30.8. The Bertz CT molecular complexity index is 330. The van der Waals surface area contributed by atoms with Crippen molar-refractivity contribution in [1.82, 2.24) is 5.32 Å². The molecule has 0 aromatic carbocycles. The third kappa shape index (κ3) is 9.72. The Morgan fingerprint density at radius 1 is 1.38 bits per heavy atom. The Balaban J connectivity index is 3.94. The van der Waals surface area contributed by atoms with Crippen molar-refractivity contribution in [2.75, 3.05) is 12.9 Å². The molecule has 1 amide bonds. The van der Waals surface area contributed by atoms with E-state index in [0.717, 1.165) is 6.26 Å². The average molecular weight is 253 g/mol. The van der Waals surface area contributed by atoms with Gasteiger partial charge in [0.05, 0.1) is 6.26 Å². The SMILES string of the molecule is C[C@H](COC(=O)NC(C)(C)C)OS(C)(=O)=O. The Morgan fingerprint density at radius 3 is 2.25 bits per heavy atom. The van der Waals surface area contributed by atoms with Gasteiger partial charge in [-0.15, -0.1) is 0 Å². The lowest BCUT2D eigenvalue weighted by molar-refractivity contribution is 0.0889. The third-order valence-corrected chi connectivity index (χ3v) is 1.94. The van der Waals surface area contributed by atoms with Crippen LogP contribution in [0, 0.1) is 0 Å². The van der Waals surface area contributed by atoms with Crippen molar-refractivity contribution in [2.24, 2.45) is 0 Å². The smallest absolute Gasteiger partial charge is 0.407 e. The molecule has 1 atom stereocenters. The molecule has 0 heterocycles. The Morgan fingerprint density at radius 2 is 1.88 bits per heavy atom. The summed E-state index contributed by atoms with van der Waals surface area (Å²) in [5, 5.41) is 2.57. The summed E-state index contributed by atoms with van der Waals surface area (Å²) in [6.07, 6.45) is -0.351. The normalized spacial score (nSPS) is 14.3. The van der Waals surface area contributed by atoms with E-state index in [1.54, 1.807) is 0 Å². The van der Waals surface area contributed by atoms with Gasteiger partial charge in [0.25, 0.3) is 10.1 Å². The summed E-state index contributed by atoms with van der Waals surface area (Å²) in [7, 11) is -3.52. The van der Waals surface area contributed by atoms with Gasteiger partial charge in [-0.05, 0) is 27.7 Å². The maximum atomic E-state index is 11.2. The second kappa shape index (κ2) is 5.49. The standard InChI is InChI=1S/C9H19NO5S/c1-7(15-16(5,12)13)6-14-8(11)10-9(2,3)4/h7H,6H2,1-5H3,(H,10,11)/t7-/m1/s1. The van der Waals surface area contributed by atoms with Crippen LogP contribution in [0.1, 0.15) is 27.7 Å². The molecule has 96 valence electrons. The number of rotatable bonds is 4. The third-order valence-electron chi connectivity index (χ3n) is 1.27. The van der Waals surface area contributed by atoms with Crippen LogP contribution >= 0.6 is 0 Å². The van der Waals surface area contributed by atoms with Crippen LogP contribution < -0.4 is 5.32 Å². The number of carbonyl (C=O) groups is 1. The molecule has 0 rings (SSSR count). The maximum Gasteiger partial charge on any atom is 0.407 e. The van der Waals surface area contributed by atoms with Crippen LogP contribution in [0.15, 0.2) is 0 Å². The van der Waals surface area contributed by atoms with Gasteiger partial charge in [0.15, 0.2) is 0 Å². The topological polar surface area (TPSA) is 81.7 Å². The molecule has 0 spiro atoms. The molecule has 0 radical (unpaired) electrons. The second-order valence-electron chi connectivity index (χ2n) is 4.58. The van der Waals surface area contributed by atoms with E-state index >= 15 is 0 Å². The first kappa shape index (κ1) is 15.2. The fourth-order valence-electron chi connectivity index (χ4n) is 0.861. The lowest BCUT2D eigenvalue weighted by Crippen LogP contribution is -2.41. The molecule has 0 saturated heterocycles. The zero-order valence-electron chi connectivity index (χ0n) is 10.2. The monoisotopic (exact) mass is 253 g/mol. The van der Waals surface area contributed by atoms with Crippen LogP contribution in [0.4, 0.5) is 4.79 Å². The molecule has 0 fully saturated rings. The van der Waals surface area contributed by atoms with Crippen molar-refractivity contribution < 1.29 is 22.1 Å². The fourth-order valence-corrected chi connectivity index (χ4v) is 1.51. The zero-order valence-corrected chi connectivity index (χ0v) is 11.1. The quantitative estimate of drug-likeness (QED) is 0.752. The number of nitrogens with one attached hydrogen (secondary N) is 1. The van der Waals surface area contributed by atoms with Gasteiger partial charge in [0, 0.05) is 5.54 Å². The van der Waals surface area contributed by atoms with E-state index in [-0.39, 0.29) is 6.61 Å². The highest BCUT2D eigenvalue weighted by atomic mass is 32.2. The van der Waals surface area contributed by atoms with Gasteiger partial charge in [0.2, 0.25) is 0 Å². The molecule has 1 N–H and O–H groups in total. The van der Waals surface area contributed by atoms with Crippen molar-refractivity contribution >= 4 is 16.2 Å². The number of carbonyl (C=O) groups excluding carboxylic acids is 1. The van der Waals surface area contributed by atoms with Crippen molar-refractivity contribution in [3.05, 3.63) is 0 Å². The Kier molecular flexibility index (Phi) is 5.21. The van der Waals surface area contributed by atoms with Gasteiger partial charge in [-0.25, -0.2) is 4.79 Å². The van der Waals surface area contributed by atoms with E-state index in [1.165, 1.54) is 6.92 Å². The number of ether oxygens (including phenoxy) is 1. The predicted molar refractivity (Wildman–Crippen MR) is 59.6 cm³/mol. The summed E-state index contributed by atoms with van der Waals surface area (Å²) in [4.78, 5) is 11.2. The Hall–Kier alpha value is -0.820. The van der Waals surface area contributed by atoms with Crippen molar-refractivity contribution in [3.8, 4) is 0 Å². The molecule has 7 heteroatoms. The minimum Gasteiger partial charge on any atom is -0.447 e. The zero-order chi connectivity index (χ0) is 13.0. The lowest BCUT2D eigenvalue weighted by Gasteiger charge is -2.20. The molecule has 0 bridgehead atoms. The first-order chi connectivity index (χ1) is 6.99. The van der Waals surface area contributed by atoms with E-state index in [9.17, 15) is 13.2 Å². The molecule has 0 aromatic rings. The number of alkyl carbamates (subject to hydrolysis) is 1. The number of amides is 1. The summed E-state index contributed by atoms with van der Waals surface area (Å²) >= 11 is 0. The van der Waals surface area contributed by atoms with Crippen LogP contribution in [0.5, 0.6) is 0 Å². The van der Waals surface area contributed by atoms with Crippen molar-refractivity contribution in [2.45, 2.75) is 39.3 Å². The molecule has 0 aromatic heterocycles.